The van der Waals surface area contributed by atoms with Gasteiger partial charge in [-0.3, -0.25) is 19.7 Å². The highest BCUT2D eigenvalue weighted by Gasteiger charge is 2.33. The van der Waals surface area contributed by atoms with Gasteiger partial charge in [-0.05, 0) is 37.7 Å². The van der Waals surface area contributed by atoms with E-state index in [4.69, 9.17) is 0 Å². The third kappa shape index (κ3) is 4.13. The Balaban J connectivity index is 1.50. The molecule has 1 aliphatic carbocycles. The molecule has 2 saturated heterocycles. The van der Waals surface area contributed by atoms with Gasteiger partial charge in [0.05, 0.1) is 16.2 Å². The maximum Gasteiger partial charge on any atom is 0.270 e. The van der Waals surface area contributed by atoms with Crippen molar-refractivity contribution >= 4 is 23.2 Å². The molecule has 0 bridgehead atoms. The van der Waals surface area contributed by atoms with Crippen molar-refractivity contribution in [2.45, 2.75) is 39.0 Å². The monoisotopic (exact) mass is 414 g/mol. The molecule has 8 heteroatoms. The molecule has 3 aliphatic rings. The predicted octanol–water partition coefficient (Wildman–Crippen LogP) is 2.92. The van der Waals surface area contributed by atoms with Gasteiger partial charge >= 0.3 is 0 Å². The molecule has 2 amide bonds. The van der Waals surface area contributed by atoms with E-state index >= 15 is 0 Å². The van der Waals surface area contributed by atoms with E-state index in [1.807, 2.05) is 4.90 Å². The Hall–Kier alpha value is -2.64. The summed E-state index contributed by atoms with van der Waals surface area (Å²) in [5.74, 6) is 0.853. The molecule has 0 aromatic heterocycles. The first-order valence-corrected chi connectivity index (χ1v) is 11.1. The number of anilines is 1. The van der Waals surface area contributed by atoms with Gasteiger partial charge in [-0.25, -0.2) is 0 Å². The Labute approximate surface area is 177 Å². The molecule has 8 nitrogen and oxygen atoms in total. The number of piperazine rings is 1. The van der Waals surface area contributed by atoms with Gasteiger partial charge < -0.3 is 14.7 Å². The summed E-state index contributed by atoms with van der Waals surface area (Å²) < 4.78 is 0. The van der Waals surface area contributed by atoms with Crippen molar-refractivity contribution in [2.75, 3.05) is 44.2 Å². The van der Waals surface area contributed by atoms with Crippen molar-refractivity contribution in [3.8, 4) is 0 Å². The summed E-state index contributed by atoms with van der Waals surface area (Å²) >= 11 is 0. The summed E-state index contributed by atoms with van der Waals surface area (Å²) in [7, 11) is 0. The first kappa shape index (κ1) is 20.6. The van der Waals surface area contributed by atoms with E-state index in [1.54, 1.807) is 11.0 Å². The van der Waals surface area contributed by atoms with Crippen LogP contribution >= 0.6 is 0 Å². The fourth-order valence-corrected chi connectivity index (χ4v) is 4.55. The summed E-state index contributed by atoms with van der Waals surface area (Å²) in [6, 6.07) is 4.62. The second-order valence-corrected chi connectivity index (χ2v) is 8.87. The number of nitrogens with zero attached hydrogens (tertiary/aromatic N) is 4. The Morgan fingerprint density at radius 2 is 1.60 bits per heavy atom. The highest BCUT2D eigenvalue weighted by atomic mass is 16.6. The highest BCUT2D eigenvalue weighted by Crippen LogP contribution is 2.31. The Kier molecular flexibility index (Phi) is 5.92. The molecule has 4 rings (SSSR count). The second kappa shape index (κ2) is 8.62. The van der Waals surface area contributed by atoms with Crippen LogP contribution in [0, 0.1) is 22.0 Å². The van der Waals surface area contributed by atoms with E-state index in [1.165, 1.54) is 12.1 Å². The number of piperidine rings is 1. The normalized spacial score (nSPS) is 20.8. The molecule has 0 unspecified atom stereocenters. The van der Waals surface area contributed by atoms with Crippen LogP contribution in [0.4, 0.5) is 11.4 Å². The molecule has 1 aromatic carbocycles. The first-order valence-electron chi connectivity index (χ1n) is 11.1. The summed E-state index contributed by atoms with van der Waals surface area (Å²) in [5.41, 5.74) is 1.12. The SMILES string of the molecule is CC1CCN(c2ccc([N+](=O)[O-])cc2C(=O)N2CCN(C(=O)C3CCC3)CC2)CC1. The van der Waals surface area contributed by atoms with Crippen LogP contribution in [0.25, 0.3) is 0 Å². The topological polar surface area (TPSA) is 87.0 Å². The van der Waals surface area contributed by atoms with Gasteiger partial charge in [-0.2, -0.15) is 0 Å². The maximum absolute atomic E-state index is 13.4. The number of nitro groups is 1. The summed E-state index contributed by atoms with van der Waals surface area (Å²) in [5, 5.41) is 11.3. The number of nitro benzene ring substituents is 1. The van der Waals surface area contributed by atoms with Crippen LogP contribution in [0.1, 0.15) is 49.4 Å². The second-order valence-electron chi connectivity index (χ2n) is 8.87. The number of benzene rings is 1. The minimum atomic E-state index is -0.450. The van der Waals surface area contributed by atoms with Crippen molar-refractivity contribution in [3.05, 3.63) is 33.9 Å². The molecule has 30 heavy (non-hydrogen) atoms. The summed E-state index contributed by atoms with van der Waals surface area (Å²) in [6.45, 7) is 5.93. The maximum atomic E-state index is 13.4. The lowest BCUT2D eigenvalue weighted by molar-refractivity contribution is -0.384. The molecule has 0 radical (unpaired) electrons. The zero-order chi connectivity index (χ0) is 21.3. The van der Waals surface area contributed by atoms with Gasteiger partial charge in [-0.1, -0.05) is 13.3 Å². The molecule has 0 N–H and O–H groups in total. The predicted molar refractivity (Wildman–Crippen MR) is 114 cm³/mol. The lowest BCUT2D eigenvalue weighted by Crippen LogP contribution is -2.52. The largest absolute Gasteiger partial charge is 0.371 e. The number of carbonyl (C=O) groups is 2. The van der Waals surface area contributed by atoms with Crippen LogP contribution in [0.2, 0.25) is 0 Å². The molecule has 0 spiro atoms. The van der Waals surface area contributed by atoms with Gasteiger partial charge in [0.1, 0.15) is 0 Å². The average molecular weight is 415 g/mol. The van der Waals surface area contributed by atoms with E-state index in [0.29, 0.717) is 37.7 Å². The van der Waals surface area contributed by atoms with E-state index in [-0.39, 0.29) is 23.4 Å². The first-order chi connectivity index (χ1) is 14.4. The van der Waals surface area contributed by atoms with Crippen LogP contribution in [0.3, 0.4) is 0 Å². The van der Waals surface area contributed by atoms with Crippen LogP contribution < -0.4 is 4.90 Å². The number of amides is 2. The minimum absolute atomic E-state index is 0.0636. The van der Waals surface area contributed by atoms with Gasteiger partial charge in [0.25, 0.3) is 11.6 Å². The molecule has 3 fully saturated rings. The minimum Gasteiger partial charge on any atom is -0.371 e. The Morgan fingerprint density at radius 3 is 2.17 bits per heavy atom. The molecule has 2 heterocycles. The number of rotatable bonds is 4. The Morgan fingerprint density at radius 1 is 0.967 bits per heavy atom. The number of hydrogen-bond donors (Lipinski definition) is 0. The van der Waals surface area contributed by atoms with Crippen LogP contribution in [-0.2, 0) is 4.79 Å². The number of non-ortho nitro benzene ring substituents is 1. The molecule has 2 aliphatic heterocycles. The van der Waals surface area contributed by atoms with Crippen LogP contribution in [0.5, 0.6) is 0 Å². The van der Waals surface area contributed by atoms with Gasteiger partial charge in [0.2, 0.25) is 5.91 Å². The van der Waals surface area contributed by atoms with Crippen molar-refractivity contribution in [1.29, 1.82) is 0 Å². The lowest BCUT2D eigenvalue weighted by atomic mass is 9.84. The third-order valence-corrected chi connectivity index (χ3v) is 6.88. The van der Waals surface area contributed by atoms with Crippen molar-refractivity contribution < 1.29 is 14.5 Å². The summed E-state index contributed by atoms with van der Waals surface area (Å²) in [4.78, 5) is 42.5. The third-order valence-electron chi connectivity index (χ3n) is 6.88. The molecular formula is C22H30N4O4. The fourth-order valence-electron chi connectivity index (χ4n) is 4.55. The van der Waals surface area contributed by atoms with Gasteiger partial charge in [-0.15, -0.1) is 0 Å². The molecule has 162 valence electrons. The Bertz CT molecular complexity index is 822. The zero-order valence-corrected chi connectivity index (χ0v) is 17.6. The van der Waals surface area contributed by atoms with E-state index in [9.17, 15) is 19.7 Å². The van der Waals surface area contributed by atoms with E-state index in [2.05, 4.69) is 11.8 Å². The molecule has 0 atom stereocenters. The van der Waals surface area contributed by atoms with Gasteiger partial charge in [0, 0.05) is 57.3 Å². The standard InChI is InChI=1S/C22H30N4O4/c1-16-7-9-23(10-8-16)20-6-5-18(26(29)30)15-19(20)22(28)25-13-11-24(12-14-25)21(27)17-3-2-4-17/h5-6,15-17H,2-4,7-14H2,1H3. The summed E-state index contributed by atoms with van der Waals surface area (Å²) in [6.07, 6.45) is 5.17. The number of hydrogen-bond acceptors (Lipinski definition) is 5. The van der Waals surface area contributed by atoms with Crippen LogP contribution in [-0.4, -0.2) is 65.8 Å². The van der Waals surface area contributed by atoms with Crippen LogP contribution in [0.15, 0.2) is 18.2 Å². The lowest BCUT2D eigenvalue weighted by Gasteiger charge is -2.39. The highest BCUT2D eigenvalue weighted by molar-refractivity contribution is 6.00. The molecule has 1 saturated carbocycles. The smallest absolute Gasteiger partial charge is 0.270 e. The zero-order valence-electron chi connectivity index (χ0n) is 17.6. The van der Waals surface area contributed by atoms with Crippen molar-refractivity contribution in [3.63, 3.8) is 0 Å². The van der Waals surface area contributed by atoms with Gasteiger partial charge in [0.15, 0.2) is 0 Å². The quantitative estimate of drug-likeness (QED) is 0.558. The van der Waals surface area contributed by atoms with E-state index in [0.717, 1.165) is 50.9 Å². The number of carbonyl (C=O) groups excluding carboxylic acids is 2. The van der Waals surface area contributed by atoms with E-state index < -0.39 is 4.92 Å². The fraction of sp³-hybridized carbons (Fsp3) is 0.636. The van der Waals surface area contributed by atoms with Crippen molar-refractivity contribution in [2.24, 2.45) is 11.8 Å². The molecular weight excluding hydrogens is 384 g/mol. The average Bonchev–Trinajstić information content (AvgIpc) is 2.72. The molecule has 1 aromatic rings. The van der Waals surface area contributed by atoms with Crippen molar-refractivity contribution in [1.82, 2.24) is 9.80 Å².